The van der Waals surface area contributed by atoms with Crippen LogP contribution in [0.4, 0.5) is 0 Å². The normalized spacial score (nSPS) is 10.1. The lowest BCUT2D eigenvalue weighted by molar-refractivity contribution is -0.433. The Balaban J connectivity index is 3.29. The lowest BCUT2D eigenvalue weighted by Gasteiger charge is -2.07. The van der Waals surface area contributed by atoms with E-state index in [1.165, 1.54) is 20.3 Å². The van der Waals surface area contributed by atoms with E-state index in [0.717, 1.165) is 0 Å². The zero-order chi connectivity index (χ0) is 7.11. The van der Waals surface area contributed by atoms with Gasteiger partial charge in [-0.1, -0.05) is 6.58 Å². The summed E-state index contributed by atoms with van der Waals surface area (Å²) in [6, 6.07) is 0. The van der Waals surface area contributed by atoms with Gasteiger partial charge < -0.3 is 0 Å². The molecule has 0 aromatic rings. The zero-order valence-electron chi connectivity index (χ0n) is 5.49. The van der Waals surface area contributed by atoms with E-state index in [-0.39, 0.29) is 0 Å². The SMILES string of the molecule is C=CC(OOC)OOC. The lowest BCUT2D eigenvalue weighted by Crippen LogP contribution is -2.12. The van der Waals surface area contributed by atoms with Gasteiger partial charge in [0.15, 0.2) is 0 Å². The summed E-state index contributed by atoms with van der Waals surface area (Å²) in [6.45, 7) is 3.39. The van der Waals surface area contributed by atoms with Crippen LogP contribution in [0.15, 0.2) is 12.7 Å². The van der Waals surface area contributed by atoms with E-state index in [4.69, 9.17) is 0 Å². The van der Waals surface area contributed by atoms with Crippen LogP contribution in [0, 0.1) is 0 Å². The van der Waals surface area contributed by atoms with Crippen LogP contribution in [0.3, 0.4) is 0 Å². The van der Waals surface area contributed by atoms with Gasteiger partial charge in [-0.25, -0.2) is 9.78 Å². The Bertz CT molecular complexity index is 67.4. The van der Waals surface area contributed by atoms with Crippen LogP contribution in [0.1, 0.15) is 0 Å². The molecule has 0 fully saturated rings. The predicted octanol–water partition coefficient (Wildman–Crippen LogP) is 0.654. The Morgan fingerprint density at radius 2 is 1.67 bits per heavy atom. The van der Waals surface area contributed by atoms with Crippen molar-refractivity contribution in [2.45, 2.75) is 6.29 Å². The largest absolute Gasteiger partial charge is 0.242 e. The standard InChI is InChI=1S/C5H10O4/c1-4-5(8-6-2)9-7-3/h4-5H,1H2,2-3H3. The molecule has 0 bridgehead atoms. The first-order valence-corrected chi connectivity index (χ1v) is 2.36. The van der Waals surface area contributed by atoms with Crippen LogP contribution in [-0.2, 0) is 19.6 Å². The van der Waals surface area contributed by atoms with Crippen molar-refractivity contribution in [2.24, 2.45) is 0 Å². The van der Waals surface area contributed by atoms with Gasteiger partial charge >= 0.3 is 0 Å². The summed E-state index contributed by atoms with van der Waals surface area (Å²) in [4.78, 5) is 17.5. The van der Waals surface area contributed by atoms with E-state index in [1.807, 2.05) is 0 Å². The van der Waals surface area contributed by atoms with E-state index in [0.29, 0.717) is 0 Å². The van der Waals surface area contributed by atoms with Crippen molar-refractivity contribution in [3.63, 3.8) is 0 Å². The minimum atomic E-state index is -0.667. The third kappa shape index (κ3) is 4.11. The highest BCUT2D eigenvalue weighted by molar-refractivity contribution is 4.69. The molecule has 0 amide bonds. The fourth-order valence-electron chi connectivity index (χ4n) is 0.284. The summed E-state index contributed by atoms with van der Waals surface area (Å²) in [5.74, 6) is 0. The molecule has 0 aliphatic rings. The van der Waals surface area contributed by atoms with Gasteiger partial charge in [0.05, 0.1) is 14.2 Å². The Labute approximate surface area is 53.8 Å². The minimum absolute atomic E-state index is 0.667. The summed E-state index contributed by atoms with van der Waals surface area (Å²) in [6.07, 6.45) is 0.729. The second kappa shape index (κ2) is 5.71. The first kappa shape index (κ1) is 8.58. The summed E-state index contributed by atoms with van der Waals surface area (Å²) in [5.41, 5.74) is 0. The quantitative estimate of drug-likeness (QED) is 0.239. The minimum Gasteiger partial charge on any atom is -0.237 e. The van der Waals surface area contributed by atoms with Crippen molar-refractivity contribution in [1.82, 2.24) is 0 Å². The Kier molecular flexibility index (Phi) is 5.45. The highest BCUT2D eigenvalue weighted by Crippen LogP contribution is 1.94. The van der Waals surface area contributed by atoms with Crippen LogP contribution in [0.5, 0.6) is 0 Å². The number of hydrogen-bond acceptors (Lipinski definition) is 4. The molecule has 0 rings (SSSR count). The van der Waals surface area contributed by atoms with Gasteiger partial charge in [0, 0.05) is 0 Å². The van der Waals surface area contributed by atoms with Gasteiger partial charge in [0.1, 0.15) is 0 Å². The summed E-state index contributed by atoms with van der Waals surface area (Å²) < 4.78 is 0. The fourth-order valence-corrected chi connectivity index (χ4v) is 0.284. The average molecular weight is 134 g/mol. The molecule has 4 nitrogen and oxygen atoms in total. The van der Waals surface area contributed by atoms with Crippen molar-refractivity contribution in [3.8, 4) is 0 Å². The summed E-state index contributed by atoms with van der Waals surface area (Å²) in [7, 11) is 2.74. The molecule has 0 unspecified atom stereocenters. The molecule has 0 aliphatic carbocycles. The third-order valence-electron chi connectivity index (χ3n) is 0.575. The molecule has 0 radical (unpaired) electrons. The average Bonchev–Trinajstić information content (AvgIpc) is 1.88. The molecule has 0 aromatic carbocycles. The van der Waals surface area contributed by atoms with Gasteiger partial charge in [-0.2, -0.15) is 9.78 Å². The van der Waals surface area contributed by atoms with Crippen LogP contribution in [0.25, 0.3) is 0 Å². The molecule has 0 aliphatic heterocycles. The molecular weight excluding hydrogens is 124 g/mol. The highest BCUT2D eigenvalue weighted by atomic mass is 17.3. The fraction of sp³-hybridized carbons (Fsp3) is 0.600. The summed E-state index contributed by atoms with van der Waals surface area (Å²) >= 11 is 0. The van der Waals surface area contributed by atoms with Crippen LogP contribution in [0.2, 0.25) is 0 Å². The van der Waals surface area contributed by atoms with Crippen molar-refractivity contribution < 1.29 is 19.6 Å². The van der Waals surface area contributed by atoms with Crippen molar-refractivity contribution in [3.05, 3.63) is 12.7 Å². The van der Waals surface area contributed by atoms with Crippen LogP contribution >= 0.6 is 0 Å². The molecule has 54 valence electrons. The van der Waals surface area contributed by atoms with E-state index in [2.05, 4.69) is 26.1 Å². The van der Waals surface area contributed by atoms with Gasteiger partial charge in [-0.3, -0.25) is 0 Å². The second-order valence-corrected chi connectivity index (χ2v) is 1.13. The number of hydrogen-bond donors (Lipinski definition) is 0. The molecule has 0 atom stereocenters. The van der Waals surface area contributed by atoms with Crippen molar-refractivity contribution in [1.29, 1.82) is 0 Å². The maximum absolute atomic E-state index is 4.47. The number of rotatable bonds is 5. The van der Waals surface area contributed by atoms with Crippen LogP contribution < -0.4 is 0 Å². The molecule has 9 heavy (non-hydrogen) atoms. The lowest BCUT2D eigenvalue weighted by atomic mass is 10.6. The molecule has 0 N–H and O–H groups in total. The maximum Gasteiger partial charge on any atom is 0.242 e. The van der Waals surface area contributed by atoms with E-state index in [1.54, 1.807) is 0 Å². The smallest absolute Gasteiger partial charge is 0.237 e. The highest BCUT2D eigenvalue weighted by Gasteiger charge is 2.02. The van der Waals surface area contributed by atoms with E-state index < -0.39 is 6.29 Å². The Morgan fingerprint density at radius 3 is 1.89 bits per heavy atom. The summed E-state index contributed by atoms with van der Waals surface area (Å²) in [5, 5.41) is 0. The van der Waals surface area contributed by atoms with Crippen molar-refractivity contribution >= 4 is 0 Å². The maximum atomic E-state index is 4.47. The molecule has 0 saturated carbocycles. The second-order valence-electron chi connectivity index (χ2n) is 1.13. The van der Waals surface area contributed by atoms with Crippen molar-refractivity contribution in [2.75, 3.05) is 14.2 Å². The molecule has 0 heterocycles. The van der Waals surface area contributed by atoms with E-state index in [9.17, 15) is 0 Å². The van der Waals surface area contributed by atoms with E-state index >= 15 is 0 Å². The van der Waals surface area contributed by atoms with Gasteiger partial charge in [0.25, 0.3) is 0 Å². The molecule has 4 heteroatoms. The third-order valence-corrected chi connectivity index (χ3v) is 0.575. The monoisotopic (exact) mass is 134 g/mol. The van der Waals surface area contributed by atoms with Crippen LogP contribution in [-0.4, -0.2) is 20.5 Å². The van der Waals surface area contributed by atoms with Gasteiger partial charge in [-0.05, 0) is 6.08 Å². The molecule has 0 saturated heterocycles. The molecular formula is C5H10O4. The van der Waals surface area contributed by atoms with Gasteiger partial charge in [0.2, 0.25) is 6.29 Å². The topological polar surface area (TPSA) is 36.9 Å². The van der Waals surface area contributed by atoms with Gasteiger partial charge in [-0.15, -0.1) is 0 Å². The predicted molar refractivity (Wildman–Crippen MR) is 30.2 cm³/mol. The first-order valence-electron chi connectivity index (χ1n) is 2.36. The Hall–Kier alpha value is -0.420. The molecule has 0 aromatic heterocycles. The molecule has 0 spiro atoms. The zero-order valence-corrected chi connectivity index (χ0v) is 5.49. The Morgan fingerprint density at radius 1 is 1.22 bits per heavy atom. The first-order chi connectivity index (χ1) is 4.35.